The van der Waals surface area contributed by atoms with Crippen LogP contribution in [0.15, 0.2) is 48.5 Å². The number of hydrogen-bond acceptors (Lipinski definition) is 5. The van der Waals surface area contributed by atoms with Crippen LogP contribution in [0.1, 0.15) is 16.9 Å². The third-order valence-corrected chi connectivity index (χ3v) is 5.02. The molecule has 1 saturated heterocycles. The third kappa shape index (κ3) is 4.11. The highest BCUT2D eigenvalue weighted by Gasteiger charge is 2.41. The van der Waals surface area contributed by atoms with E-state index in [0.717, 1.165) is 10.9 Å². The summed E-state index contributed by atoms with van der Waals surface area (Å²) in [6.07, 6.45) is -0.126. The molecule has 0 unspecified atom stereocenters. The number of amides is 2. The van der Waals surface area contributed by atoms with Gasteiger partial charge in [0.15, 0.2) is 5.69 Å². The molecule has 2 amide bonds. The minimum Gasteiger partial charge on any atom is -0.490 e. The van der Waals surface area contributed by atoms with Crippen molar-refractivity contribution in [3.05, 3.63) is 60.0 Å². The molecule has 30 heavy (non-hydrogen) atoms. The number of aromatic nitrogens is 2. The van der Waals surface area contributed by atoms with Crippen LogP contribution in [0.25, 0.3) is 10.9 Å². The standard InChI is InChI=1S/C21H21FN4O4/c22-14-5-7-15(8-6-14)29-13-21(11-18(23)27)12-26(9-10-30-21)20(28)19-16-3-1-2-4-17(16)24-25-19/h1-8H,9-13H2,(H2,23,27)(H,24,25)/t21-/m0/s1. The zero-order chi connectivity index (χ0) is 21.1. The number of benzene rings is 2. The van der Waals surface area contributed by atoms with Crippen molar-refractivity contribution in [3.8, 4) is 5.75 Å². The summed E-state index contributed by atoms with van der Waals surface area (Å²) >= 11 is 0. The molecule has 3 aromatic rings. The normalized spacial score (nSPS) is 19.0. The molecule has 2 heterocycles. The Morgan fingerprint density at radius 3 is 2.77 bits per heavy atom. The zero-order valence-electron chi connectivity index (χ0n) is 16.1. The molecule has 1 atom stereocenters. The van der Waals surface area contributed by atoms with Crippen molar-refractivity contribution in [1.82, 2.24) is 15.1 Å². The number of aromatic amines is 1. The van der Waals surface area contributed by atoms with Crippen LogP contribution in [0.5, 0.6) is 5.75 Å². The Balaban J connectivity index is 1.54. The lowest BCUT2D eigenvalue weighted by Crippen LogP contribution is -2.58. The number of hydrogen-bond donors (Lipinski definition) is 2. The van der Waals surface area contributed by atoms with E-state index in [0.29, 0.717) is 18.0 Å². The van der Waals surface area contributed by atoms with Crippen molar-refractivity contribution in [2.24, 2.45) is 5.73 Å². The summed E-state index contributed by atoms with van der Waals surface area (Å²) in [4.78, 5) is 26.5. The number of primary amides is 1. The molecule has 0 radical (unpaired) electrons. The van der Waals surface area contributed by atoms with Crippen LogP contribution >= 0.6 is 0 Å². The number of rotatable bonds is 6. The number of carbonyl (C=O) groups excluding carboxylic acids is 2. The van der Waals surface area contributed by atoms with Crippen molar-refractivity contribution in [2.75, 3.05) is 26.3 Å². The summed E-state index contributed by atoms with van der Waals surface area (Å²) in [6, 6.07) is 12.9. The number of para-hydroxylation sites is 1. The Labute approximate surface area is 171 Å². The Hall–Kier alpha value is -3.46. The second kappa shape index (κ2) is 8.11. The quantitative estimate of drug-likeness (QED) is 0.642. The molecule has 4 rings (SSSR count). The van der Waals surface area contributed by atoms with Crippen molar-refractivity contribution >= 4 is 22.7 Å². The molecular formula is C21H21FN4O4. The predicted octanol–water partition coefficient (Wildman–Crippen LogP) is 1.87. The maximum absolute atomic E-state index is 13.1. The molecule has 1 fully saturated rings. The number of nitrogens with two attached hydrogens (primary N) is 1. The molecule has 1 aliphatic heterocycles. The Kier molecular flexibility index (Phi) is 5.37. The van der Waals surface area contributed by atoms with E-state index in [1.54, 1.807) is 4.90 Å². The number of H-pyrrole nitrogens is 1. The number of fused-ring (bicyclic) bond motifs is 1. The maximum Gasteiger partial charge on any atom is 0.275 e. The number of morpholine rings is 1. The molecule has 0 bridgehead atoms. The van der Waals surface area contributed by atoms with Crippen LogP contribution in [-0.2, 0) is 9.53 Å². The molecule has 3 N–H and O–H groups in total. The summed E-state index contributed by atoms with van der Waals surface area (Å²) in [5.41, 5.74) is 5.40. The molecular weight excluding hydrogens is 391 g/mol. The molecule has 0 saturated carbocycles. The van der Waals surface area contributed by atoms with Gasteiger partial charge in [-0.3, -0.25) is 14.7 Å². The van der Waals surface area contributed by atoms with E-state index in [1.165, 1.54) is 24.3 Å². The topological polar surface area (TPSA) is 111 Å². The molecule has 0 aliphatic carbocycles. The number of ether oxygens (including phenoxy) is 2. The molecule has 156 valence electrons. The second-order valence-electron chi connectivity index (χ2n) is 7.26. The zero-order valence-corrected chi connectivity index (χ0v) is 16.1. The molecule has 8 nitrogen and oxygen atoms in total. The van der Waals surface area contributed by atoms with E-state index in [1.807, 2.05) is 24.3 Å². The van der Waals surface area contributed by atoms with Gasteiger partial charge in [0.05, 0.1) is 25.1 Å². The predicted molar refractivity (Wildman–Crippen MR) is 106 cm³/mol. The highest BCUT2D eigenvalue weighted by Crippen LogP contribution is 2.26. The summed E-state index contributed by atoms with van der Waals surface area (Å²) in [7, 11) is 0. The lowest BCUT2D eigenvalue weighted by atomic mass is 9.97. The first-order chi connectivity index (χ1) is 14.5. The summed E-state index contributed by atoms with van der Waals surface area (Å²) in [6.45, 7) is 0.648. The monoisotopic (exact) mass is 412 g/mol. The van der Waals surface area contributed by atoms with E-state index in [9.17, 15) is 14.0 Å². The number of nitrogens with zero attached hydrogens (tertiary/aromatic N) is 2. The fourth-order valence-electron chi connectivity index (χ4n) is 3.60. The SMILES string of the molecule is NC(=O)C[C@@]1(COc2ccc(F)cc2)CN(C(=O)c2n[nH]c3ccccc23)CCO1. The minimum atomic E-state index is -1.11. The van der Waals surface area contributed by atoms with Crippen molar-refractivity contribution in [2.45, 2.75) is 12.0 Å². The van der Waals surface area contributed by atoms with Crippen LogP contribution in [-0.4, -0.2) is 58.8 Å². The van der Waals surface area contributed by atoms with Gasteiger partial charge >= 0.3 is 0 Å². The van der Waals surface area contributed by atoms with Gasteiger partial charge in [-0.2, -0.15) is 5.10 Å². The van der Waals surface area contributed by atoms with Gasteiger partial charge in [0.1, 0.15) is 23.8 Å². The second-order valence-corrected chi connectivity index (χ2v) is 7.26. The highest BCUT2D eigenvalue weighted by atomic mass is 19.1. The van der Waals surface area contributed by atoms with Gasteiger partial charge in [0.25, 0.3) is 5.91 Å². The van der Waals surface area contributed by atoms with Crippen molar-refractivity contribution < 1.29 is 23.5 Å². The van der Waals surface area contributed by atoms with E-state index in [2.05, 4.69) is 10.2 Å². The first-order valence-corrected chi connectivity index (χ1v) is 9.49. The molecule has 1 aliphatic rings. The van der Waals surface area contributed by atoms with Crippen molar-refractivity contribution in [1.29, 1.82) is 0 Å². The van der Waals surface area contributed by atoms with Crippen LogP contribution in [0.2, 0.25) is 0 Å². The minimum absolute atomic E-state index is 0.0212. The van der Waals surface area contributed by atoms with Gasteiger partial charge < -0.3 is 20.1 Å². The maximum atomic E-state index is 13.1. The number of carbonyl (C=O) groups is 2. The smallest absolute Gasteiger partial charge is 0.275 e. The Bertz CT molecular complexity index is 1070. The average Bonchev–Trinajstić information content (AvgIpc) is 3.17. The highest BCUT2D eigenvalue weighted by molar-refractivity contribution is 6.04. The Morgan fingerprint density at radius 2 is 2.00 bits per heavy atom. The van der Waals surface area contributed by atoms with Gasteiger partial charge in [-0.15, -0.1) is 0 Å². The first kappa shape index (κ1) is 19.8. The van der Waals surface area contributed by atoms with Gasteiger partial charge in [-0.1, -0.05) is 18.2 Å². The summed E-state index contributed by atoms with van der Waals surface area (Å²) in [5, 5.41) is 7.74. The van der Waals surface area contributed by atoms with Crippen molar-refractivity contribution in [3.63, 3.8) is 0 Å². The number of nitrogens with one attached hydrogen (secondary N) is 1. The Morgan fingerprint density at radius 1 is 1.23 bits per heavy atom. The summed E-state index contributed by atoms with van der Waals surface area (Å²) < 4.78 is 24.7. The lowest BCUT2D eigenvalue weighted by molar-refractivity contribution is -0.142. The largest absolute Gasteiger partial charge is 0.490 e. The number of halogens is 1. The van der Waals surface area contributed by atoms with E-state index < -0.39 is 11.5 Å². The molecule has 1 aromatic heterocycles. The van der Waals surface area contributed by atoms with Gasteiger partial charge in [-0.25, -0.2) is 4.39 Å². The van der Waals surface area contributed by atoms with E-state index in [4.69, 9.17) is 15.2 Å². The van der Waals surface area contributed by atoms with E-state index in [-0.39, 0.29) is 37.9 Å². The summed E-state index contributed by atoms with van der Waals surface area (Å²) in [5.74, 6) is -0.805. The van der Waals surface area contributed by atoms with Gasteiger partial charge in [0.2, 0.25) is 5.91 Å². The van der Waals surface area contributed by atoms with Crippen LogP contribution in [0, 0.1) is 5.82 Å². The lowest BCUT2D eigenvalue weighted by Gasteiger charge is -2.41. The van der Waals surface area contributed by atoms with Crippen LogP contribution in [0.4, 0.5) is 4.39 Å². The van der Waals surface area contributed by atoms with Crippen LogP contribution in [0.3, 0.4) is 0 Å². The first-order valence-electron chi connectivity index (χ1n) is 9.49. The van der Waals surface area contributed by atoms with E-state index >= 15 is 0 Å². The molecule has 0 spiro atoms. The van der Waals surface area contributed by atoms with Gasteiger partial charge in [-0.05, 0) is 30.3 Å². The van der Waals surface area contributed by atoms with Gasteiger partial charge in [0, 0.05) is 11.9 Å². The average molecular weight is 412 g/mol. The fraction of sp³-hybridized carbons (Fsp3) is 0.286. The molecule has 9 heteroatoms. The fourth-order valence-corrected chi connectivity index (χ4v) is 3.60. The third-order valence-electron chi connectivity index (χ3n) is 5.02. The van der Waals surface area contributed by atoms with Crippen LogP contribution < -0.4 is 10.5 Å². The molecule has 2 aromatic carbocycles.